The molecular formula is C34H30FN5O5. The Labute approximate surface area is 256 Å². The topological polar surface area (TPSA) is 109 Å². The molecule has 0 aliphatic carbocycles. The van der Waals surface area contributed by atoms with Gasteiger partial charge >= 0.3 is 0 Å². The van der Waals surface area contributed by atoms with Crippen LogP contribution in [0.5, 0.6) is 11.5 Å². The second kappa shape index (κ2) is 10.8. The van der Waals surface area contributed by atoms with E-state index in [0.29, 0.717) is 62.8 Å². The summed E-state index contributed by atoms with van der Waals surface area (Å²) in [7, 11) is 0. The number of hydrogen-bond acceptors (Lipinski definition) is 6. The molecule has 10 nitrogen and oxygen atoms in total. The van der Waals surface area contributed by atoms with E-state index in [-0.39, 0.29) is 40.8 Å². The highest BCUT2D eigenvalue weighted by Gasteiger charge is 2.34. The number of ether oxygens (including phenoxy) is 2. The molecule has 45 heavy (non-hydrogen) atoms. The van der Waals surface area contributed by atoms with E-state index in [0.717, 1.165) is 16.5 Å². The van der Waals surface area contributed by atoms with Crippen LogP contribution in [0.1, 0.15) is 22.3 Å². The SMILES string of the molecule is O=C(Cc1c[nH]c2ccccc12)NC1CCN(c2c(F)cc3c(=O)c(C(=O)N4CCOCC4)cn4c3c2Oc2ccccc2-4)C1. The minimum atomic E-state index is -0.623. The van der Waals surface area contributed by atoms with Gasteiger partial charge in [-0.1, -0.05) is 30.3 Å². The molecule has 1 unspecified atom stereocenters. The molecule has 8 rings (SSSR count). The first-order chi connectivity index (χ1) is 22.0. The summed E-state index contributed by atoms with van der Waals surface area (Å²) >= 11 is 0. The van der Waals surface area contributed by atoms with Crippen molar-refractivity contribution in [2.24, 2.45) is 0 Å². The van der Waals surface area contributed by atoms with Crippen molar-refractivity contribution in [3.8, 4) is 17.2 Å². The highest BCUT2D eigenvalue weighted by atomic mass is 19.1. The first-order valence-electron chi connectivity index (χ1n) is 15.1. The summed E-state index contributed by atoms with van der Waals surface area (Å²) < 4.78 is 29.6. The lowest BCUT2D eigenvalue weighted by Crippen LogP contribution is -2.42. The molecule has 2 aromatic heterocycles. The maximum atomic E-state index is 16.1. The van der Waals surface area contributed by atoms with Gasteiger partial charge in [-0.15, -0.1) is 0 Å². The summed E-state index contributed by atoms with van der Waals surface area (Å²) in [6, 6.07) is 16.1. The highest BCUT2D eigenvalue weighted by molar-refractivity contribution is 6.01. The van der Waals surface area contributed by atoms with E-state index in [9.17, 15) is 14.4 Å². The van der Waals surface area contributed by atoms with Crippen LogP contribution < -0.4 is 20.4 Å². The van der Waals surface area contributed by atoms with Crippen molar-refractivity contribution in [1.29, 1.82) is 0 Å². The Morgan fingerprint density at radius 2 is 1.82 bits per heavy atom. The number of aromatic amines is 1. The molecule has 11 heteroatoms. The van der Waals surface area contributed by atoms with Crippen LogP contribution in [0.25, 0.3) is 27.5 Å². The second-order valence-corrected chi connectivity index (χ2v) is 11.7. The monoisotopic (exact) mass is 607 g/mol. The summed E-state index contributed by atoms with van der Waals surface area (Å²) in [6.07, 6.45) is 4.25. The fourth-order valence-electron chi connectivity index (χ4n) is 6.75. The molecule has 5 heterocycles. The van der Waals surface area contributed by atoms with Gasteiger partial charge in [-0.05, 0) is 36.2 Å². The third-order valence-corrected chi connectivity index (χ3v) is 8.93. The van der Waals surface area contributed by atoms with E-state index in [1.54, 1.807) is 21.7 Å². The normalized spacial score (nSPS) is 17.4. The van der Waals surface area contributed by atoms with E-state index in [4.69, 9.17) is 9.47 Å². The zero-order chi connectivity index (χ0) is 30.7. The molecule has 0 bridgehead atoms. The number of benzene rings is 3. The smallest absolute Gasteiger partial charge is 0.259 e. The molecule has 0 spiro atoms. The van der Waals surface area contributed by atoms with Gasteiger partial charge < -0.3 is 34.1 Å². The number of para-hydroxylation sites is 3. The van der Waals surface area contributed by atoms with Crippen molar-refractivity contribution >= 4 is 39.3 Å². The number of nitrogens with zero attached hydrogens (tertiary/aromatic N) is 3. The largest absolute Gasteiger partial charge is 0.451 e. The summed E-state index contributed by atoms with van der Waals surface area (Å²) in [5.74, 6) is -0.438. The van der Waals surface area contributed by atoms with Gasteiger partial charge in [0.05, 0.1) is 30.7 Å². The van der Waals surface area contributed by atoms with Crippen LogP contribution in [-0.2, 0) is 16.0 Å². The molecule has 1 atom stereocenters. The van der Waals surface area contributed by atoms with Gasteiger partial charge in [-0.2, -0.15) is 0 Å². The summed E-state index contributed by atoms with van der Waals surface area (Å²) in [6.45, 7) is 2.40. The molecule has 228 valence electrons. The van der Waals surface area contributed by atoms with Crippen LogP contribution in [0.2, 0.25) is 0 Å². The second-order valence-electron chi connectivity index (χ2n) is 11.7. The van der Waals surface area contributed by atoms with E-state index in [1.807, 2.05) is 53.6 Å². The molecule has 2 fully saturated rings. The van der Waals surface area contributed by atoms with Gasteiger partial charge in [-0.3, -0.25) is 14.4 Å². The number of halogens is 1. The van der Waals surface area contributed by atoms with Crippen LogP contribution in [0.15, 0.2) is 71.8 Å². The van der Waals surface area contributed by atoms with Crippen LogP contribution in [0.4, 0.5) is 10.1 Å². The maximum Gasteiger partial charge on any atom is 0.259 e. The standard InChI is InChI=1S/C34H30FN5O5/c35-25-16-23-30-33(31(25)39-10-9-21(18-39)37-29(41)15-20-17-36-26-6-2-1-5-22(20)26)45-28-8-4-3-7-27(28)40(30)19-24(32(23)42)34(43)38-11-13-44-14-12-38/h1-8,16-17,19,21,36H,9-15,18H2,(H,37,41). The highest BCUT2D eigenvalue weighted by Crippen LogP contribution is 2.47. The van der Waals surface area contributed by atoms with Crippen molar-refractivity contribution in [1.82, 2.24) is 19.8 Å². The van der Waals surface area contributed by atoms with Crippen LogP contribution in [0, 0.1) is 5.82 Å². The molecule has 0 radical (unpaired) electrons. The number of carbonyl (C=O) groups is 2. The van der Waals surface area contributed by atoms with Gasteiger partial charge in [-0.25, -0.2) is 4.39 Å². The first-order valence-corrected chi connectivity index (χ1v) is 15.1. The minimum Gasteiger partial charge on any atom is -0.451 e. The first kappa shape index (κ1) is 27.4. The quantitative estimate of drug-likeness (QED) is 0.305. The Kier molecular flexibility index (Phi) is 6.56. The molecule has 3 aromatic carbocycles. The summed E-state index contributed by atoms with van der Waals surface area (Å²) in [5.41, 5.74) is 2.60. The number of nitrogens with one attached hydrogen (secondary N) is 2. The van der Waals surface area contributed by atoms with Crippen molar-refractivity contribution in [3.63, 3.8) is 0 Å². The van der Waals surface area contributed by atoms with Gasteiger partial charge in [0.15, 0.2) is 17.3 Å². The Morgan fingerprint density at radius 3 is 2.69 bits per heavy atom. The molecule has 2 N–H and O–H groups in total. The maximum absolute atomic E-state index is 16.1. The fourth-order valence-corrected chi connectivity index (χ4v) is 6.75. The Hall–Kier alpha value is -5.16. The average molecular weight is 608 g/mol. The lowest BCUT2D eigenvalue weighted by atomic mass is 10.1. The zero-order valence-electron chi connectivity index (χ0n) is 24.3. The van der Waals surface area contributed by atoms with Gasteiger partial charge in [0.1, 0.15) is 16.8 Å². The predicted molar refractivity (Wildman–Crippen MR) is 167 cm³/mol. The molecule has 3 aliphatic rings. The van der Waals surface area contributed by atoms with Gasteiger partial charge in [0.25, 0.3) is 5.91 Å². The van der Waals surface area contributed by atoms with Crippen LogP contribution in [-0.4, -0.2) is 71.7 Å². The van der Waals surface area contributed by atoms with E-state index < -0.39 is 17.2 Å². The van der Waals surface area contributed by atoms with E-state index in [1.165, 1.54) is 6.07 Å². The zero-order valence-corrected chi connectivity index (χ0v) is 24.3. The average Bonchev–Trinajstić information content (AvgIpc) is 3.69. The summed E-state index contributed by atoms with van der Waals surface area (Å²) in [5, 5.41) is 4.20. The van der Waals surface area contributed by atoms with Crippen molar-refractivity contribution < 1.29 is 23.5 Å². The Balaban J connectivity index is 1.13. The molecule has 5 aromatic rings. The molecule has 0 saturated carbocycles. The number of morpholine rings is 1. The Morgan fingerprint density at radius 1 is 1.02 bits per heavy atom. The van der Waals surface area contributed by atoms with Gasteiger partial charge in [0, 0.05) is 55.5 Å². The number of aromatic nitrogens is 2. The number of rotatable bonds is 5. The van der Waals surface area contributed by atoms with Crippen LogP contribution >= 0.6 is 0 Å². The number of fused-ring (bicyclic) bond motifs is 3. The lowest BCUT2D eigenvalue weighted by Gasteiger charge is -2.30. The minimum absolute atomic E-state index is 0.0293. The number of H-pyrrole nitrogens is 1. The molecule has 3 aliphatic heterocycles. The summed E-state index contributed by atoms with van der Waals surface area (Å²) in [4.78, 5) is 46.9. The molecular weight excluding hydrogens is 577 g/mol. The Bertz CT molecular complexity index is 2060. The van der Waals surface area contributed by atoms with Crippen molar-refractivity contribution in [2.75, 3.05) is 44.3 Å². The van der Waals surface area contributed by atoms with Gasteiger partial charge in [0.2, 0.25) is 11.3 Å². The number of anilines is 1. The third-order valence-electron chi connectivity index (χ3n) is 8.93. The molecule has 2 amide bonds. The van der Waals surface area contributed by atoms with Crippen molar-refractivity contribution in [2.45, 2.75) is 18.9 Å². The van der Waals surface area contributed by atoms with Crippen molar-refractivity contribution in [3.05, 3.63) is 94.2 Å². The fraction of sp³-hybridized carbons (Fsp3) is 0.265. The van der Waals surface area contributed by atoms with E-state index in [2.05, 4.69) is 10.3 Å². The third kappa shape index (κ3) is 4.62. The number of carbonyl (C=O) groups excluding carboxylic acids is 2. The molecule has 2 saturated heterocycles. The lowest BCUT2D eigenvalue weighted by molar-refractivity contribution is -0.121. The number of amides is 2. The predicted octanol–water partition coefficient (Wildman–Crippen LogP) is 4.13. The van der Waals surface area contributed by atoms with Crippen LogP contribution in [0.3, 0.4) is 0 Å². The number of pyridine rings is 1. The number of hydrogen-bond donors (Lipinski definition) is 2. The van der Waals surface area contributed by atoms with E-state index >= 15 is 4.39 Å².